The van der Waals surface area contributed by atoms with E-state index in [9.17, 15) is 4.79 Å². The quantitative estimate of drug-likeness (QED) is 0.797. The molecule has 3 N–H and O–H groups in total. The van der Waals surface area contributed by atoms with Gasteiger partial charge in [0.2, 0.25) is 0 Å². The number of benzene rings is 2. The number of halogens is 1. The lowest BCUT2D eigenvalue weighted by Gasteiger charge is -2.13. The second kappa shape index (κ2) is 7.64. The van der Waals surface area contributed by atoms with Crippen LogP contribution in [0.3, 0.4) is 0 Å². The van der Waals surface area contributed by atoms with Gasteiger partial charge in [-0.25, -0.2) is 0 Å². The van der Waals surface area contributed by atoms with E-state index in [1.54, 1.807) is 6.08 Å². The van der Waals surface area contributed by atoms with Crippen molar-refractivity contribution in [2.75, 3.05) is 0 Å². The van der Waals surface area contributed by atoms with Gasteiger partial charge < -0.3 is 15.8 Å². The maximum atomic E-state index is 11.1. The Morgan fingerprint density at radius 1 is 1.08 bits per heavy atom. The summed E-state index contributed by atoms with van der Waals surface area (Å²) < 4.78 is 6.65. The summed E-state index contributed by atoms with van der Waals surface area (Å²) in [4.78, 5) is 11.1. The van der Waals surface area contributed by atoms with E-state index in [-0.39, 0.29) is 11.9 Å². The molecule has 24 heavy (non-hydrogen) atoms. The lowest BCUT2D eigenvalue weighted by Crippen LogP contribution is -2.14. The number of hydrogen-bond donors (Lipinski definition) is 2. The smallest absolute Gasteiger partial charge is 0.283 e. The highest BCUT2D eigenvalue weighted by Gasteiger charge is 2.22. The molecular formula is C19H19BrN2O2. The second-order valence-corrected chi connectivity index (χ2v) is 6.66. The van der Waals surface area contributed by atoms with Crippen LogP contribution >= 0.6 is 15.9 Å². The summed E-state index contributed by atoms with van der Waals surface area (Å²) in [7, 11) is 0. The van der Waals surface area contributed by atoms with Gasteiger partial charge in [-0.3, -0.25) is 4.79 Å². The highest BCUT2D eigenvalue weighted by atomic mass is 79.9. The Morgan fingerprint density at radius 3 is 2.21 bits per heavy atom. The third-order valence-electron chi connectivity index (χ3n) is 3.95. The Bertz CT molecular complexity index is 739. The molecule has 1 aliphatic heterocycles. The summed E-state index contributed by atoms with van der Waals surface area (Å²) in [5.74, 6) is -0.244. The summed E-state index contributed by atoms with van der Waals surface area (Å²) in [5, 5.41) is 3.43. The van der Waals surface area contributed by atoms with E-state index >= 15 is 0 Å². The summed E-state index contributed by atoms with van der Waals surface area (Å²) >= 11 is 3.44. The predicted molar refractivity (Wildman–Crippen MR) is 96.8 cm³/mol. The van der Waals surface area contributed by atoms with Crippen molar-refractivity contribution in [1.82, 2.24) is 5.32 Å². The molecule has 1 amide bonds. The van der Waals surface area contributed by atoms with Crippen molar-refractivity contribution in [3.63, 3.8) is 0 Å². The molecule has 1 aliphatic rings. The number of hydrogen-bond acceptors (Lipinski definition) is 3. The first kappa shape index (κ1) is 16.7. The highest BCUT2D eigenvalue weighted by Crippen LogP contribution is 2.30. The van der Waals surface area contributed by atoms with Crippen LogP contribution in [-0.4, -0.2) is 5.91 Å². The molecule has 3 rings (SSSR count). The number of ether oxygens (including phenoxy) is 1. The summed E-state index contributed by atoms with van der Waals surface area (Å²) in [6, 6.07) is 16.5. The highest BCUT2D eigenvalue weighted by molar-refractivity contribution is 9.10. The van der Waals surface area contributed by atoms with Crippen LogP contribution in [0.2, 0.25) is 0 Å². The molecule has 0 bridgehead atoms. The van der Waals surface area contributed by atoms with Crippen LogP contribution in [0.5, 0.6) is 0 Å². The Hall–Kier alpha value is -2.11. The Labute approximate surface area is 149 Å². The van der Waals surface area contributed by atoms with Crippen molar-refractivity contribution in [3.05, 3.63) is 81.5 Å². The van der Waals surface area contributed by atoms with E-state index in [0.717, 1.165) is 23.1 Å². The normalized spacial score (nSPS) is 16.5. The van der Waals surface area contributed by atoms with Crippen molar-refractivity contribution in [1.29, 1.82) is 0 Å². The number of carbonyl (C=O) groups excluding carboxylic acids is 1. The summed E-state index contributed by atoms with van der Waals surface area (Å²) in [6.07, 6.45) is 2.32. The molecule has 1 heterocycles. The van der Waals surface area contributed by atoms with Crippen LogP contribution in [-0.2, 0) is 22.6 Å². The van der Waals surface area contributed by atoms with Crippen LogP contribution in [0.25, 0.3) is 0 Å². The van der Waals surface area contributed by atoms with E-state index in [1.807, 2.05) is 24.3 Å². The second-order valence-electron chi connectivity index (χ2n) is 5.75. The lowest BCUT2D eigenvalue weighted by atomic mass is 10.1. The lowest BCUT2D eigenvalue weighted by molar-refractivity contribution is -0.118. The van der Waals surface area contributed by atoms with Crippen molar-refractivity contribution in [2.45, 2.75) is 25.6 Å². The van der Waals surface area contributed by atoms with Crippen LogP contribution < -0.4 is 11.1 Å². The number of nitrogens with one attached hydrogen (secondary N) is 1. The van der Waals surface area contributed by atoms with Gasteiger partial charge in [0, 0.05) is 24.0 Å². The Kier molecular flexibility index (Phi) is 5.33. The van der Waals surface area contributed by atoms with Gasteiger partial charge in [0.05, 0.1) is 0 Å². The fraction of sp³-hybridized carbons (Fsp3) is 0.211. The van der Waals surface area contributed by atoms with E-state index in [2.05, 4.69) is 45.5 Å². The van der Waals surface area contributed by atoms with Crippen molar-refractivity contribution in [3.8, 4) is 0 Å². The van der Waals surface area contributed by atoms with Crippen LogP contribution in [0.4, 0.5) is 0 Å². The molecule has 124 valence electrons. The molecule has 1 atom stereocenters. The zero-order valence-electron chi connectivity index (χ0n) is 13.2. The molecule has 4 nitrogen and oxygen atoms in total. The van der Waals surface area contributed by atoms with Crippen molar-refractivity contribution >= 4 is 21.8 Å². The van der Waals surface area contributed by atoms with Gasteiger partial charge in [0.1, 0.15) is 6.10 Å². The van der Waals surface area contributed by atoms with Gasteiger partial charge in [-0.2, -0.15) is 0 Å². The van der Waals surface area contributed by atoms with E-state index < -0.39 is 5.91 Å². The summed E-state index contributed by atoms with van der Waals surface area (Å²) in [6.45, 7) is 1.62. The Balaban J connectivity index is 1.50. The first-order valence-corrected chi connectivity index (χ1v) is 8.62. The largest absolute Gasteiger partial charge is 0.480 e. The van der Waals surface area contributed by atoms with Crippen LogP contribution in [0, 0.1) is 0 Å². The molecular weight excluding hydrogens is 368 g/mol. The van der Waals surface area contributed by atoms with Crippen LogP contribution in [0.15, 0.2) is 64.8 Å². The number of amides is 1. The fourth-order valence-electron chi connectivity index (χ4n) is 2.63. The van der Waals surface area contributed by atoms with Gasteiger partial charge in [-0.15, -0.1) is 0 Å². The molecule has 0 saturated heterocycles. The molecule has 2 aromatic rings. The number of primary amides is 1. The molecule has 0 fully saturated rings. The first-order chi connectivity index (χ1) is 11.6. The van der Waals surface area contributed by atoms with Gasteiger partial charge in [0.25, 0.3) is 5.91 Å². The maximum absolute atomic E-state index is 11.1. The summed E-state index contributed by atoms with van der Waals surface area (Å²) in [5.41, 5.74) is 8.74. The number of carbonyl (C=O) groups is 1. The van der Waals surface area contributed by atoms with Gasteiger partial charge >= 0.3 is 0 Å². The molecule has 2 aromatic carbocycles. The van der Waals surface area contributed by atoms with Gasteiger partial charge in [-0.05, 0) is 34.9 Å². The first-order valence-electron chi connectivity index (χ1n) is 7.82. The minimum atomic E-state index is -0.508. The minimum Gasteiger partial charge on any atom is -0.480 e. The number of rotatable bonds is 6. The van der Waals surface area contributed by atoms with Gasteiger partial charge in [0.15, 0.2) is 5.76 Å². The van der Waals surface area contributed by atoms with Crippen molar-refractivity contribution in [2.24, 2.45) is 5.73 Å². The monoisotopic (exact) mass is 386 g/mol. The zero-order chi connectivity index (χ0) is 16.9. The Morgan fingerprint density at radius 2 is 1.67 bits per heavy atom. The fourth-order valence-corrected chi connectivity index (χ4v) is 2.89. The standard InChI is InChI=1S/C19H19BrN2O2/c20-16-7-3-14(4-8-16)12-22-11-13-1-5-15(6-2-13)17-9-10-18(24-17)19(21)23/h1-8,10,17,22H,9,11-12H2,(H2,21,23). The third kappa shape index (κ3) is 4.24. The number of nitrogens with two attached hydrogens (primary N) is 1. The molecule has 0 spiro atoms. The topological polar surface area (TPSA) is 64.4 Å². The predicted octanol–water partition coefficient (Wildman–Crippen LogP) is 3.57. The molecule has 0 aliphatic carbocycles. The molecule has 0 aromatic heterocycles. The molecule has 5 heteroatoms. The SMILES string of the molecule is NC(=O)C1=CCC(c2ccc(CNCc3ccc(Br)cc3)cc2)O1. The van der Waals surface area contributed by atoms with E-state index in [4.69, 9.17) is 10.5 Å². The van der Waals surface area contributed by atoms with Crippen LogP contribution in [0.1, 0.15) is 29.2 Å². The third-order valence-corrected chi connectivity index (χ3v) is 4.48. The van der Waals surface area contributed by atoms with E-state index in [1.165, 1.54) is 11.1 Å². The van der Waals surface area contributed by atoms with Gasteiger partial charge in [-0.1, -0.05) is 52.3 Å². The zero-order valence-corrected chi connectivity index (χ0v) is 14.8. The molecule has 0 saturated carbocycles. The van der Waals surface area contributed by atoms with E-state index in [0.29, 0.717) is 6.42 Å². The average Bonchev–Trinajstić information content (AvgIpc) is 3.08. The van der Waals surface area contributed by atoms with Crippen molar-refractivity contribution < 1.29 is 9.53 Å². The minimum absolute atomic E-state index is 0.114. The maximum Gasteiger partial charge on any atom is 0.283 e. The molecule has 0 radical (unpaired) electrons. The molecule has 1 unspecified atom stereocenters. The average molecular weight is 387 g/mol.